The predicted molar refractivity (Wildman–Crippen MR) is 60.0 cm³/mol. The minimum atomic E-state index is 0.317. The number of rotatable bonds is 5. The summed E-state index contributed by atoms with van der Waals surface area (Å²) in [4.78, 5) is 4.27. The lowest BCUT2D eigenvalue weighted by molar-refractivity contribution is 0.472. The van der Waals surface area contributed by atoms with E-state index >= 15 is 0 Å². The molecule has 1 heterocycles. The van der Waals surface area contributed by atoms with Crippen molar-refractivity contribution in [3.05, 3.63) is 30.1 Å². The Balaban J connectivity index is 2.27. The van der Waals surface area contributed by atoms with Crippen molar-refractivity contribution in [1.29, 1.82) is 0 Å². The monoisotopic (exact) mass is 192 g/mol. The maximum atomic E-state index is 5.99. The van der Waals surface area contributed by atoms with Crippen LogP contribution in [0.3, 0.4) is 0 Å². The molecule has 0 saturated heterocycles. The van der Waals surface area contributed by atoms with Gasteiger partial charge in [-0.15, -0.1) is 0 Å². The Morgan fingerprint density at radius 2 is 2.14 bits per heavy atom. The van der Waals surface area contributed by atoms with Gasteiger partial charge in [0, 0.05) is 17.9 Å². The summed E-state index contributed by atoms with van der Waals surface area (Å²) in [6.07, 6.45) is 4.97. The first kappa shape index (κ1) is 11.2. The van der Waals surface area contributed by atoms with Gasteiger partial charge in [-0.3, -0.25) is 4.98 Å². The third-order valence-electron chi connectivity index (χ3n) is 2.27. The molecule has 0 aromatic carbocycles. The van der Waals surface area contributed by atoms with E-state index in [1.54, 1.807) is 0 Å². The molecule has 0 amide bonds. The van der Waals surface area contributed by atoms with E-state index in [-0.39, 0.29) is 0 Å². The van der Waals surface area contributed by atoms with Crippen LogP contribution in [0, 0.1) is 5.92 Å². The van der Waals surface area contributed by atoms with E-state index in [0.29, 0.717) is 12.0 Å². The van der Waals surface area contributed by atoms with Crippen LogP contribution in [0.15, 0.2) is 24.4 Å². The van der Waals surface area contributed by atoms with Gasteiger partial charge < -0.3 is 5.73 Å². The Labute approximate surface area is 86.5 Å². The summed E-state index contributed by atoms with van der Waals surface area (Å²) >= 11 is 0. The van der Waals surface area contributed by atoms with Gasteiger partial charge in [0.15, 0.2) is 0 Å². The summed E-state index contributed by atoms with van der Waals surface area (Å²) in [5.41, 5.74) is 7.14. The highest BCUT2D eigenvalue weighted by atomic mass is 14.7. The fourth-order valence-corrected chi connectivity index (χ4v) is 1.60. The molecule has 0 radical (unpaired) electrons. The van der Waals surface area contributed by atoms with Gasteiger partial charge in [0.25, 0.3) is 0 Å². The second-order valence-electron chi connectivity index (χ2n) is 4.25. The standard InChI is InChI=1S/C12H20N2/c1-10(2)9-11(13)6-7-12-5-3-4-8-14-12/h3-5,8,10-11H,6-7,9,13H2,1-2H3. The van der Waals surface area contributed by atoms with E-state index in [1.165, 1.54) is 0 Å². The van der Waals surface area contributed by atoms with Gasteiger partial charge in [-0.25, -0.2) is 0 Å². The summed E-state index contributed by atoms with van der Waals surface area (Å²) in [7, 11) is 0. The smallest absolute Gasteiger partial charge is 0.0404 e. The van der Waals surface area contributed by atoms with Crippen LogP contribution in [-0.4, -0.2) is 11.0 Å². The van der Waals surface area contributed by atoms with Crippen molar-refractivity contribution in [2.75, 3.05) is 0 Å². The molecule has 1 rings (SSSR count). The van der Waals surface area contributed by atoms with Gasteiger partial charge >= 0.3 is 0 Å². The van der Waals surface area contributed by atoms with Gasteiger partial charge in [-0.05, 0) is 37.3 Å². The fraction of sp³-hybridized carbons (Fsp3) is 0.583. The van der Waals surface area contributed by atoms with E-state index in [9.17, 15) is 0 Å². The van der Waals surface area contributed by atoms with E-state index in [4.69, 9.17) is 5.73 Å². The molecule has 0 aliphatic carbocycles. The molecule has 1 atom stereocenters. The van der Waals surface area contributed by atoms with Crippen LogP contribution in [0.1, 0.15) is 32.4 Å². The van der Waals surface area contributed by atoms with Crippen LogP contribution >= 0.6 is 0 Å². The summed E-state index contributed by atoms with van der Waals surface area (Å²) < 4.78 is 0. The first-order valence-corrected chi connectivity index (χ1v) is 5.34. The molecule has 1 aromatic rings. The molecule has 0 bridgehead atoms. The zero-order chi connectivity index (χ0) is 10.4. The lowest BCUT2D eigenvalue weighted by atomic mass is 10.00. The quantitative estimate of drug-likeness (QED) is 0.778. The van der Waals surface area contributed by atoms with Crippen molar-refractivity contribution < 1.29 is 0 Å². The number of pyridine rings is 1. The average molecular weight is 192 g/mol. The highest BCUT2D eigenvalue weighted by molar-refractivity contribution is 5.03. The predicted octanol–water partition coefficient (Wildman–Crippen LogP) is 2.39. The second kappa shape index (κ2) is 5.76. The molecule has 2 heteroatoms. The third-order valence-corrected chi connectivity index (χ3v) is 2.27. The molecule has 0 aliphatic heterocycles. The fourth-order valence-electron chi connectivity index (χ4n) is 1.60. The Kier molecular flexibility index (Phi) is 4.60. The number of hydrogen-bond donors (Lipinski definition) is 1. The van der Waals surface area contributed by atoms with Crippen LogP contribution in [0.5, 0.6) is 0 Å². The van der Waals surface area contributed by atoms with Crippen LogP contribution in [0.4, 0.5) is 0 Å². The largest absolute Gasteiger partial charge is 0.328 e. The zero-order valence-electron chi connectivity index (χ0n) is 9.11. The first-order chi connectivity index (χ1) is 6.68. The molecule has 78 valence electrons. The number of nitrogens with zero attached hydrogens (tertiary/aromatic N) is 1. The molecule has 1 unspecified atom stereocenters. The Hall–Kier alpha value is -0.890. The SMILES string of the molecule is CC(C)CC(N)CCc1ccccn1. The Morgan fingerprint density at radius 1 is 1.36 bits per heavy atom. The molecule has 1 aromatic heterocycles. The van der Waals surface area contributed by atoms with Crippen molar-refractivity contribution in [2.45, 2.75) is 39.2 Å². The molecule has 0 saturated carbocycles. The molecule has 14 heavy (non-hydrogen) atoms. The van der Waals surface area contributed by atoms with E-state index < -0.39 is 0 Å². The second-order valence-corrected chi connectivity index (χ2v) is 4.25. The number of hydrogen-bond acceptors (Lipinski definition) is 2. The normalized spacial score (nSPS) is 13.1. The summed E-state index contributed by atoms with van der Waals surface area (Å²) in [5, 5.41) is 0. The maximum Gasteiger partial charge on any atom is 0.0404 e. The van der Waals surface area contributed by atoms with Crippen molar-refractivity contribution in [2.24, 2.45) is 11.7 Å². The van der Waals surface area contributed by atoms with Gasteiger partial charge in [-0.1, -0.05) is 19.9 Å². The molecular weight excluding hydrogens is 172 g/mol. The summed E-state index contributed by atoms with van der Waals surface area (Å²) in [6, 6.07) is 6.34. The van der Waals surface area contributed by atoms with Crippen LogP contribution in [0.2, 0.25) is 0 Å². The van der Waals surface area contributed by atoms with Gasteiger partial charge in [0.2, 0.25) is 0 Å². The van der Waals surface area contributed by atoms with Gasteiger partial charge in [-0.2, -0.15) is 0 Å². The lowest BCUT2D eigenvalue weighted by Crippen LogP contribution is -2.22. The number of nitrogens with two attached hydrogens (primary N) is 1. The lowest BCUT2D eigenvalue weighted by Gasteiger charge is -2.13. The Morgan fingerprint density at radius 3 is 2.71 bits per heavy atom. The maximum absolute atomic E-state index is 5.99. The van der Waals surface area contributed by atoms with E-state index in [1.807, 2.05) is 18.3 Å². The average Bonchev–Trinajstić information content (AvgIpc) is 2.15. The summed E-state index contributed by atoms with van der Waals surface area (Å²) in [6.45, 7) is 4.42. The van der Waals surface area contributed by atoms with E-state index in [0.717, 1.165) is 25.0 Å². The minimum absolute atomic E-state index is 0.317. The number of aromatic nitrogens is 1. The first-order valence-electron chi connectivity index (χ1n) is 5.34. The number of aryl methyl sites for hydroxylation is 1. The third kappa shape index (κ3) is 4.38. The Bertz CT molecular complexity index is 244. The van der Waals surface area contributed by atoms with Crippen LogP contribution < -0.4 is 5.73 Å². The highest BCUT2D eigenvalue weighted by Gasteiger charge is 2.05. The zero-order valence-corrected chi connectivity index (χ0v) is 9.11. The van der Waals surface area contributed by atoms with Gasteiger partial charge in [0.1, 0.15) is 0 Å². The topological polar surface area (TPSA) is 38.9 Å². The van der Waals surface area contributed by atoms with Crippen molar-refractivity contribution in [1.82, 2.24) is 4.98 Å². The van der Waals surface area contributed by atoms with Crippen molar-refractivity contribution in [3.63, 3.8) is 0 Å². The van der Waals surface area contributed by atoms with Crippen LogP contribution in [0.25, 0.3) is 0 Å². The van der Waals surface area contributed by atoms with Crippen molar-refractivity contribution in [3.8, 4) is 0 Å². The van der Waals surface area contributed by atoms with Crippen LogP contribution in [-0.2, 0) is 6.42 Å². The van der Waals surface area contributed by atoms with E-state index in [2.05, 4.69) is 24.9 Å². The molecule has 0 fully saturated rings. The molecule has 2 nitrogen and oxygen atoms in total. The summed E-state index contributed by atoms with van der Waals surface area (Å²) in [5.74, 6) is 0.689. The molecular formula is C12H20N2. The molecule has 0 aliphatic rings. The highest BCUT2D eigenvalue weighted by Crippen LogP contribution is 2.08. The molecule has 2 N–H and O–H groups in total. The minimum Gasteiger partial charge on any atom is -0.328 e. The van der Waals surface area contributed by atoms with Gasteiger partial charge in [0.05, 0.1) is 0 Å². The van der Waals surface area contributed by atoms with Crippen molar-refractivity contribution >= 4 is 0 Å². The molecule has 0 spiro atoms.